The van der Waals surface area contributed by atoms with Crippen LogP contribution in [-0.4, -0.2) is 19.0 Å². The summed E-state index contributed by atoms with van der Waals surface area (Å²) in [6, 6.07) is 0. The minimum atomic E-state index is -4.48. The molecule has 0 aliphatic heterocycles. The van der Waals surface area contributed by atoms with E-state index in [1.54, 1.807) is 0 Å². The van der Waals surface area contributed by atoms with Crippen molar-refractivity contribution in [3.8, 4) is 0 Å². The van der Waals surface area contributed by atoms with E-state index in [2.05, 4.69) is 5.73 Å². The van der Waals surface area contributed by atoms with E-state index in [4.69, 9.17) is 0 Å². The standard InChI is InChI=1S/C4H6F3NO/c5-4(6,7)3(1-8)2-9/h2-3H,1,8H2/t3-/m0/s1. The number of hydrogen-bond acceptors (Lipinski definition) is 2. The average Bonchev–Trinajstić information content (AvgIpc) is 1.65. The van der Waals surface area contributed by atoms with E-state index in [0.717, 1.165) is 0 Å². The quantitative estimate of drug-likeness (QED) is 0.563. The van der Waals surface area contributed by atoms with Crippen molar-refractivity contribution in [2.45, 2.75) is 6.18 Å². The Morgan fingerprint density at radius 3 is 2.00 bits per heavy atom. The monoisotopic (exact) mass is 141 g/mol. The molecule has 0 heterocycles. The van der Waals surface area contributed by atoms with Gasteiger partial charge in [0, 0.05) is 6.54 Å². The smallest absolute Gasteiger partial charge is 0.329 e. The molecule has 0 radical (unpaired) electrons. The molecule has 5 heteroatoms. The topological polar surface area (TPSA) is 43.1 Å². The maximum atomic E-state index is 11.4. The molecule has 0 bridgehead atoms. The van der Waals surface area contributed by atoms with Crippen LogP contribution in [-0.2, 0) is 4.79 Å². The van der Waals surface area contributed by atoms with Crippen molar-refractivity contribution >= 4 is 6.29 Å². The molecule has 0 aromatic carbocycles. The summed E-state index contributed by atoms with van der Waals surface area (Å²) in [6.07, 6.45) is -4.67. The van der Waals surface area contributed by atoms with Gasteiger partial charge in [-0.2, -0.15) is 13.2 Å². The summed E-state index contributed by atoms with van der Waals surface area (Å²) >= 11 is 0. The first kappa shape index (κ1) is 8.42. The Morgan fingerprint density at radius 1 is 1.56 bits per heavy atom. The molecule has 0 spiro atoms. The molecule has 9 heavy (non-hydrogen) atoms. The Morgan fingerprint density at radius 2 is 2.00 bits per heavy atom. The molecule has 0 saturated carbocycles. The van der Waals surface area contributed by atoms with Gasteiger partial charge < -0.3 is 10.5 Å². The third kappa shape index (κ3) is 2.46. The van der Waals surface area contributed by atoms with Crippen LogP contribution in [0.4, 0.5) is 13.2 Å². The first-order chi connectivity index (χ1) is 4.02. The van der Waals surface area contributed by atoms with E-state index in [0.29, 0.717) is 0 Å². The normalized spacial score (nSPS) is 15.1. The highest BCUT2D eigenvalue weighted by atomic mass is 19.4. The molecule has 0 aliphatic rings. The predicted octanol–water partition coefficient (Wildman–Crippen LogP) is 0.323. The minimum absolute atomic E-state index is 0.194. The van der Waals surface area contributed by atoms with Crippen molar-refractivity contribution in [2.75, 3.05) is 6.54 Å². The van der Waals surface area contributed by atoms with Gasteiger partial charge in [-0.1, -0.05) is 0 Å². The summed E-state index contributed by atoms with van der Waals surface area (Å²) < 4.78 is 34.2. The lowest BCUT2D eigenvalue weighted by Crippen LogP contribution is -2.31. The lowest BCUT2D eigenvalue weighted by Gasteiger charge is -2.10. The molecule has 1 atom stereocenters. The second-order valence-electron chi connectivity index (χ2n) is 1.52. The van der Waals surface area contributed by atoms with Crippen LogP contribution in [0.2, 0.25) is 0 Å². The lowest BCUT2D eigenvalue weighted by atomic mass is 10.2. The zero-order chi connectivity index (χ0) is 7.49. The van der Waals surface area contributed by atoms with E-state index in [-0.39, 0.29) is 6.29 Å². The SMILES string of the molecule is NC[C@@H](C=O)C(F)(F)F. The highest BCUT2D eigenvalue weighted by Gasteiger charge is 2.38. The molecule has 0 fully saturated rings. The number of hydrogen-bond donors (Lipinski definition) is 1. The lowest BCUT2D eigenvalue weighted by molar-refractivity contribution is -0.171. The molecule has 0 amide bonds. The van der Waals surface area contributed by atoms with Crippen molar-refractivity contribution in [1.29, 1.82) is 0 Å². The maximum Gasteiger partial charge on any atom is 0.399 e. The fourth-order valence-corrected chi connectivity index (χ4v) is 0.266. The molecule has 2 N–H and O–H groups in total. The van der Waals surface area contributed by atoms with Gasteiger partial charge in [0.05, 0.1) is 0 Å². The van der Waals surface area contributed by atoms with E-state index in [1.807, 2.05) is 0 Å². The molecular formula is C4H6F3NO. The van der Waals surface area contributed by atoms with Crippen molar-refractivity contribution in [3.63, 3.8) is 0 Å². The van der Waals surface area contributed by atoms with Gasteiger partial charge in [0.15, 0.2) is 0 Å². The van der Waals surface area contributed by atoms with Crippen LogP contribution < -0.4 is 5.73 Å². The van der Waals surface area contributed by atoms with Crippen molar-refractivity contribution in [2.24, 2.45) is 11.7 Å². The summed E-state index contributed by atoms with van der Waals surface area (Å²) in [5.41, 5.74) is 4.62. The molecule has 0 unspecified atom stereocenters. The van der Waals surface area contributed by atoms with Gasteiger partial charge in [-0.3, -0.25) is 0 Å². The fraction of sp³-hybridized carbons (Fsp3) is 0.750. The Labute approximate surface area is 49.8 Å². The molecule has 2 nitrogen and oxygen atoms in total. The Bertz CT molecular complexity index is 100. The highest BCUT2D eigenvalue weighted by Crippen LogP contribution is 2.23. The van der Waals surface area contributed by atoms with E-state index >= 15 is 0 Å². The molecule has 0 rings (SSSR count). The number of rotatable bonds is 2. The van der Waals surface area contributed by atoms with Gasteiger partial charge in [-0.05, 0) is 0 Å². The summed E-state index contributed by atoms with van der Waals surface area (Å²) in [5, 5.41) is 0. The summed E-state index contributed by atoms with van der Waals surface area (Å²) in [7, 11) is 0. The van der Waals surface area contributed by atoms with Gasteiger partial charge in [0.2, 0.25) is 0 Å². The van der Waals surface area contributed by atoms with Crippen LogP contribution in [0.15, 0.2) is 0 Å². The third-order valence-electron chi connectivity index (χ3n) is 0.839. The number of nitrogens with two attached hydrogens (primary N) is 1. The molecule has 0 saturated heterocycles. The van der Waals surface area contributed by atoms with E-state index in [9.17, 15) is 18.0 Å². The van der Waals surface area contributed by atoms with Gasteiger partial charge >= 0.3 is 6.18 Å². The molecule has 0 aliphatic carbocycles. The van der Waals surface area contributed by atoms with Gasteiger partial charge in [0.1, 0.15) is 12.2 Å². The zero-order valence-corrected chi connectivity index (χ0v) is 4.48. The second-order valence-corrected chi connectivity index (χ2v) is 1.52. The number of alkyl halides is 3. The van der Waals surface area contributed by atoms with Gasteiger partial charge in [-0.15, -0.1) is 0 Å². The Hall–Kier alpha value is -0.580. The van der Waals surface area contributed by atoms with Crippen molar-refractivity contribution in [1.82, 2.24) is 0 Å². The highest BCUT2D eigenvalue weighted by molar-refractivity contribution is 5.54. The third-order valence-corrected chi connectivity index (χ3v) is 0.839. The predicted molar refractivity (Wildman–Crippen MR) is 24.7 cm³/mol. The molecule has 0 aromatic heterocycles. The van der Waals surface area contributed by atoms with Crippen LogP contribution in [0.3, 0.4) is 0 Å². The first-order valence-corrected chi connectivity index (χ1v) is 2.24. The van der Waals surface area contributed by atoms with Gasteiger partial charge in [0.25, 0.3) is 0 Å². The van der Waals surface area contributed by atoms with Crippen LogP contribution >= 0.6 is 0 Å². The van der Waals surface area contributed by atoms with Gasteiger partial charge in [-0.25, -0.2) is 0 Å². The largest absolute Gasteiger partial charge is 0.399 e. The summed E-state index contributed by atoms with van der Waals surface area (Å²) in [4.78, 5) is 9.58. The first-order valence-electron chi connectivity index (χ1n) is 2.24. The summed E-state index contributed by atoms with van der Waals surface area (Å²) in [5.74, 6) is -2.00. The fourth-order valence-electron chi connectivity index (χ4n) is 0.266. The Balaban J connectivity index is 3.94. The molecule has 0 aromatic rings. The number of aldehydes is 1. The number of carbonyl (C=O) groups excluding carboxylic acids is 1. The molecule has 54 valence electrons. The van der Waals surface area contributed by atoms with E-state index < -0.39 is 18.6 Å². The Kier molecular flexibility index (Phi) is 2.64. The van der Waals surface area contributed by atoms with Crippen LogP contribution in [0, 0.1) is 5.92 Å². The number of carbonyl (C=O) groups is 1. The van der Waals surface area contributed by atoms with Crippen LogP contribution in [0.25, 0.3) is 0 Å². The zero-order valence-electron chi connectivity index (χ0n) is 4.48. The minimum Gasteiger partial charge on any atom is -0.329 e. The van der Waals surface area contributed by atoms with Crippen molar-refractivity contribution in [3.05, 3.63) is 0 Å². The summed E-state index contributed by atoms with van der Waals surface area (Å²) in [6.45, 7) is -0.674. The van der Waals surface area contributed by atoms with Crippen molar-refractivity contribution < 1.29 is 18.0 Å². The second kappa shape index (κ2) is 2.82. The maximum absolute atomic E-state index is 11.4. The van der Waals surface area contributed by atoms with Crippen LogP contribution in [0.1, 0.15) is 0 Å². The number of halogens is 3. The van der Waals surface area contributed by atoms with E-state index in [1.165, 1.54) is 0 Å². The average molecular weight is 141 g/mol. The molecular weight excluding hydrogens is 135 g/mol. The van der Waals surface area contributed by atoms with Crippen LogP contribution in [0.5, 0.6) is 0 Å².